The first-order chi connectivity index (χ1) is 15.0. The molecule has 2 N–H and O–H groups in total. The van der Waals surface area contributed by atoms with Gasteiger partial charge < -0.3 is 25.2 Å². The summed E-state index contributed by atoms with van der Waals surface area (Å²) in [5.41, 5.74) is 3.12. The van der Waals surface area contributed by atoms with E-state index in [0.29, 0.717) is 23.9 Å². The molecule has 2 aliphatic heterocycles. The zero-order valence-electron chi connectivity index (χ0n) is 18.1. The van der Waals surface area contributed by atoms with Crippen LogP contribution in [0.5, 0.6) is 0 Å². The molecule has 4 rings (SSSR count). The van der Waals surface area contributed by atoms with Crippen LogP contribution >= 0.6 is 0 Å². The van der Waals surface area contributed by atoms with Crippen molar-refractivity contribution in [2.75, 3.05) is 49.3 Å². The molecule has 2 heterocycles. The molecule has 2 fully saturated rings. The summed E-state index contributed by atoms with van der Waals surface area (Å²) in [6.45, 7) is 2.70. The van der Waals surface area contributed by atoms with Crippen LogP contribution in [0.4, 0.5) is 17.1 Å². The predicted molar refractivity (Wildman–Crippen MR) is 123 cm³/mol. The zero-order chi connectivity index (χ0) is 21.8. The number of hydrogen-bond acceptors (Lipinski definition) is 5. The summed E-state index contributed by atoms with van der Waals surface area (Å²) in [5, 5.41) is 5.77. The Bertz CT molecular complexity index is 905. The van der Waals surface area contributed by atoms with Gasteiger partial charge in [0.25, 0.3) is 11.8 Å². The number of nitrogens with zero attached hydrogens (tertiary/aromatic N) is 2. The topological polar surface area (TPSA) is 73.9 Å². The minimum absolute atomic E-state index is 0.135. The second-order valence-electron chi connectivity index (χ2n) is 8.42. The summed E-state index contributed by atoms with van der Waals surface area (Å²) in [5.74, 6) is -0.316. The van der Waals surface area contributed by atoms with E-state index in [-0.39, 0.29) is 17.9 Å². The third kappa shape index (κ3) is 5.24. The van der Waals surface area contributed by atoms with E-state index in [0.717, 1.165) is 38.0 Å². The Morgan fingerprint density at radius 1 is 0.968 bits per heavy atom. The van der Waals surface area contributed by atoms with Crippen molar-refractivity contribution in [3.05, 3.63) is 54.1 Å². The van der Waals surface area contributed by atoms with E-state index < -0.39 is 0 Å². The summed E-state index contributed by atoms with van der Waals surface area (Å²) in [6.07, 6.45) is 2.45. The van der Waals surface area contributed by atoms with Crippen LogP contribution in [0.3, 0.4) is 0 Å². The van der Waals surface area contributed by atoms with Gasteiger partial charge in [-0.15, -0.1) is 0 Å². The van der Waals surface area contributed by atoms with Gasteiger partial charge in [-0.2, -0.15) is 0 Å². The van der Waals surface area contributed by atoms with Crippen molar-refractivity contribution in [3.8, 4) is 0 Å². The van der Waals surface area contributed by atoms with E-state index in [9.17, 15) is 9.59 Å². The molecule has 2 atom stereocenters. The number of amides is 2. The van der Waals surface area contributed by atoms with Gasteiger partial charge in [0.2, 0.25) is 0 Å². The Morgan fingerprint density at radius 2 is 1.65 bits per heavy atom. The summed E-state index contributed by atoms with van der Waals surface area (Å²) in [7, 11) is 4.24. The maximum Gasteiger partial charge on any atom is 0.255 e. The van der Waals surface area contributed by atoms with E-state index >= 15 is 0 Å². The van der Waals surface area contributed by atoms with Crippen molar-refractivity contribution in [2.24, 2.45) is 0 Å². The molecule has 2 unspecified atom stereocenters. The highest BCUT2D eigenvalue weighted by Crippen LogP contribution is 2.24. The van der Waals surface area contributed by atoms with Crippen molar-refractivity contribution < 1.29 is 14.3 Å². The molecule has 0 aliphatic carbocycles. The summed E-state index contributed by atoms with van der Waals surface area (Å²) in [4.78, 5) is 29.4. The lowest BCUT2D eigenvalue weighted by atomic mass is 10.1. The second-order valence-corrected chi connectivity index (χ2v) is 8.42. The number of anilines is 3. The van der Waals surface area contributed by atoms with Crippen molar-refractivity contribution >= 4 is 28.9 Å². The number of ether oxygens (including phenoxy) is 1. The van der Waals surface area contributed by atoms with Gasteiger partial charge in [-0.3, -0.25) is 9.59 Å². The maximum atomic E-state index is 12.6. The molecule has 0 saturated carbocycles. The number of carbonyl (C=O) groups is 2. The van der Waals surface area contributed by atoms with Gasteiger partial charge in [0.05, 0.1) is 0 Å². The molecule has 2 aromatic rings. The largest absolute Gasteiger partial charge is 0.370 e. The van der Waals surface area contributed by atoms with E-state index in [4.69, 9.17) is 4.74 Å². The molecule has 2 aromatic carbocycles. The fourth-order valence-corrected chi connectivity index (χ4v) is 4.07. The van der Waals surface area contributed by atoms with Crippen LogP contribution in [-0.2, 0) is 9.53 Å². The summed E-state index contributed by atoms with van der Waals surface area (Å²) < 4.78 is 5.39. The highest BCUT2D eigenvalue weighted by molar-refractivity contribution is 6.04. The average molecular weight is 423 g/mol. The molecule has 0 bridgehead atoms. The Labute approximate surface area is 183 Å². The Hall–Kier alpha value is -2.90. The molecule has 7 nitrogen and oxygen atoms in total. The van der Waals surface area contributed by atoms with Crippen LogP contribution in [-0.4, -0.2) is 62.7 Å². The van der Waals surface area contributed by atoms with Crippen LogP contribution in [0, 0.1) is 0 Å². The number of nitrogens with one attached hydrogen (secondary N) is 2. The van der Waals surface area contributed by atoms with Crippen LogP contribution in [0.2, 0.25) is 0 Å². The third-order valence-electron chi connectivity index (χ3n) is 6.02. The number of rotatable bonds is 6. The van der Waals surface area contributed by atoms with Crippen LogP contribution in [0.25, 0.3) is 0 Å². The smallest absolute Gasteiger partial charge is 0.255 e. The van der Waals surface area contributed by atoms with Crippen LogP contribution in [0.15, 0.2) is 48.5 Å². The molecule has 2 aliphatic rings. The minimum atomic E-state index is -0.375. The van der Waals surface area contributed by atoms with E-state index in [2.05, 4.69) is 46.7 Å². The number of hydrogen-bond donors (Lipinski definition) is 2. The predicted octanol–water partition coefficient (Wildman–Crippen LogP) is 3.20. The average Bonchev–Trinajstić information content (AvgIpc) is 3.47. The highest BCUT2D eigenvalue weighted by Gasteiger charge is 2.24. The maximum absolute atomic E-state index is 12.6. The molecule has 164 valence electrons. The lowest BCUT2D eigenvalue weighted by molar-refractivity contribution is -0.124. The monoisotopic (exact) mass is 422 g/mol. The molecule has 0 aromatic heterocycles. The van der Waals surface area contributed by atoms with Crippen molar-refractivity contribution in [1.29, 1.82) is 0 Å². The molecule has 0 radical (unpaired) electrons. The lowest BCUT2D eigenvalue weighted by Crippen LogP contribution is -2.31. The Kier molecular flexibility index (Phi) is 6.53. The standard InChI is InChI=1S/C24H30N4O3/c1-27(2)21-13-14-28(16-21)20-11-9-19(10-12-20)25-23(29)17-5-7-18(8-6-17)26-24(30)22-4-3-15-31-22/h5-12,21-22H,3-4,13-16H2,1-2H3,(H,25,29)(H,26,30). The third-order valence-corrected chi connectivity index (χ3v) is 6.02. The van der Waals surface area contributed by atoms with Crippen LogP contribution < -0.4 is 15.5 Å². The van der Waals surface area contributed by atoms with Gasteiger partial charge in [-0.1, -0.05) is 0 Å². The summed E-state index contributed by atoms with van der Waals surface area (Å²) in [6, 6.07) is 15.4. The zero-order valence-corrected chi connectivity index (χ0v) is 18.1. The highest BCUT2D eigenvalue weighted by atomic mass is 16.5. The van der Waals surface area contributed by atoms with Gasteiger partial charge in [0, 0.05) is 48.4 Å². The number of benzene rings is 2. The number of carbonyl (C=O) groups excluding carboxylic acids is 2. The van der Waals surface area contributed by atoms with Gasteiger partial charge in [-0.05, 0) is 81.9 Å². The van der Waals surface area contributed by atoms with Crippen molar-refractivity contribution in [1.82, 2.24) is 4.90 Å². The number of likely N-dealkylation sites (N-methyl/N-ethyl adjacent to an activating group) is 1. The Morgan fingerprint density at radius 3 is 2.26 bits per heavy atom. The normalized spacial score (nSPS) is 20.8. The molecule has 2 amide bonds. The molecule has 31 heavy (non-hydrogen) atoms. The summed E-state index contributed by atoms with van der Waals surface area (Å²) >= 11 is 0. The fraction of sp³-hybridized carbons (Fsp3) is 0.417. The molecular formula is C24H30N4O3. The molecular weight excluding hydrogens is 392 g/mol. The Balaban J connectivity index is 1.31. The lowest BCUT2D eigenvalue weighted by Gasteiger charge is -2.22. The first-order valence-corrected chi connectivity index (χ1v) is 10.8. The first-order valence-electron chi connectivity index (χ1n) is 10.8. The molecule has 0 spiro atoms. The molecule has 7 heteroatoms. The van der Waals surface area contributed by atoms with E-state index in [1.807, 2.05) is 12.1 Å². The minimum Gasteiger partial charge on any atom is -0.370 e. The van der Waals surface area contributed by atoms with Crippen molar-refractivity contribution in [2.45, 2.75) is 31.4 Å². The van der Waals surface area contributed by atoms with Crippen LogP contribution in [0.1, 0.15) is 29.6 Å². The van der Waals surface area contributed by atoms with Gasteiger partial charge >= 0.3 is 0 Å². The fourth-order valence-electron chi connectivity index (χ4n) is 4.07. The van der Waals surface area contributed by atoms with Gasteiger partial charge in [-0.25, -0.2) is 0 Å². The van der Waals surface area contributed by atoms with Crippen molar-refractivity contribution in [3.63, 3.8) is 0 Å². The first kappa shape index (κ1) is 21.3. The second kappa shape index (κ2) is 9.49. The van der Waals surface area contributed by atoms with Gasteiger partial charge in [0.15, 0.2) is 0 Å². The SMILES string of the molecule is CN(C)C1CCN(c2ccc(NC(=O)c3ccc(NC(=O)C4CCCO4)cc3)cc2)C1. The molecule has 2 saturated heterocycles. The van der Waals surface area contributed by atoms with Gasteiger partial charge in [0.1, 0.15) is 6.10 Å². The quantitative estimate of drug-likeness (QED) is 0.748. The van der Waals surface area contributed by atoms with E-state index in [1.165, 1.54) is 5.69 Å². The van der Waals surface area contributed by atoms with E-state index in [1.54, 1.807) is 24.3 Å².